The second-order valence-corrected chi connectivity index (χ2v) is 11.1. The summed E-state index contributed by atoms with van der Waals surface area (Å²) in [5.74, 6) is 1.46. The molecular formula is C29H30N6O4S2. The number of hydrogen-bond donors (Lipinski definition) is 1. The lowest BCUT2D eigenvalue weighted by molar-refractivity contribution is -0.122. The zero-order valence-electron chi connectivity index (χ0n) is 23.0. The number of carbonyl (C=O) groups excluding carboxylic acids is 1. The predicted octanol–water partition coefficient (Wildman–Crippen LogP) is 4.16. The molecule has 5 rings (SSSR count). The van der Waals surface area contributed by atoms with E-state index < -0.39 is 0 Å². The van der Waals surface area contributed by atoms with Crippen LogP contribution < -0.4 is 20.3 Å². The molecule has 0 bridgehead atoms. The van der Waals surface area contributed by atoms with Gasteiger partial charge in [0, 0.05) is 38.2 Å². The van der Waals surface area contributed by atoms with E-state index in [0.29, 0.717) is 57.3 Å². The zero-order valence-corrected chi connectivity index (χ0v) is 24.6. The van der Waals surface area contributed by atoms with Crippen molar-refractivity contribution in [3.05, 3.63) is 87.2 Å². The van der Waals surface area contributed by atoms with Crippen molar-refractivity contribution >= 4 is 51.7 Å². The Morgan fingerprint density at radius 3 is 2.68 bits per heavy atom. The normalized spacial score (nSPS) is 14.3. The number of ether oxygens (including phenoxy) is 2. The number of benzene rings is 1. The molecule has 10 nitrogen and oxygen atoms in total. The topological polar surface area (TPSA) is 103 Å². The summed E-state index contributed by atoms with van der Waals surface area (Å²) in [4.78, 5) is 37.9. The van der Waals surface area contributed by atoms with Crippen molar-refractivity contribution < 1.29 is 14.3 Å². The van der Waals surface area contributed by atoms with E-state index in [2.05, 4.69) is 10.3 Å². The van der Waals surface area contributed by atoms with Crippen molar-refractivity contribution in [3.63, 3.8) is 0 Å². The van der Waals surface area contributed by atoms with E-state index in [-0.39, 0.29) is 11.5 Å². The molecule has 12 heteroatoms. The molecule has 4 aromatic rings. The quantitative estimate of drug-likeness (QED) is 0.157. The molecule has 0 aliphatic carbocycles. The number of nitrogens with one attached hydrogen (secondary N) is 1. The number of anilines is 1. The number of pyridine rings is 1. The number of methoxy groups -OCH3 is 2. The van der Waals surface area contributed by atoms with E-state index in [0.717, 1.165) is 24.1 Å². The molecule has 1 N–H and O–H groups in total. The van der Waals surface area contributed by atoms with Crippen LogP contribution in [0.25, 0.3) is 11.7 Å². The van der Waals surface area contributed by atoms with Crippen molar-refractivity contribution in [2.75, 3.05) is 32.6 Å². The van der Waals surface area contributed by atoms with Crippen LogP contribution in [0.5, 0.6) is 11.5 Å². The molecule has 1 saturated heterocycles. The first-order chi connectivity index (χ1) is 19.9. The minimum absolute atomic E-state index is 0.236. The third-order valence-corrected chi connectivity index (χ3v) is 8.13. The fourth-order valence-electron chi connectivity index (χ4n) is 4.56. The maximum atomic E-state index is 13.6. The number of rotatable bonds is 11. The highest BCUT2D eigenvalue weighted by atomic mass is 32.2. The number of carbonyl (C=O) groups is 1. The average Bonchev–Trinajstić information content (AvgIpc) is 3.59. The van der Waals surface area contributed by atoms with Crippen LogP contribution in [0.4, 0.5) is 5.82 Å². The van der Waals surface area contributed by atoms with Crippen LogP contribution in [-0.4, -0.2) is 61.4 Å². The van der Waals surface area contributed by atoms with Crippen LogP contribution >= 0.6 is 24.0 Å². The number of nitrogens with zero attached hydrogens (tertiary/aromatic N) is 5. The molecule has 3 aromatic heterocycles. The van der Waals surface area contributed by atoms with Gasteiger partial charge in [0.25, 0.3) is 11.5 Å². The Bertz CT molecular complexity index is 1680. The molecule has 0 saturated carbocycles. The van der Waals surface area contributed by atoms with Gasteiger partial charge in [0.1, 0.15) is 15.8 Å². The second kappa shape index (κ2) is 12.6. The van der Waals surface area contributed by atoms with Gasteiger partial charge in [-0.05, 0) is 55.2 Å². The SMILES string of the molecule is COc1ccc(CCN2C(=O)/C(=C/c3c(NCCCn4ccnc4)nc4c(C)cccn4c3=O)SC2=S)cc1OC. The predicted molar refractivity (Wildman–Crippen MR) is 165 cm³/mol. The van der Waals surface area contributed by atoms with Gasteiger partial charge in [-0.1, -0.05) is 36.1 Å². The molecule has 1 fully saturated rings. The Labute approximate surface area is 247 Å². The van der Waals surface area contributed by atoms with Crippen LogP contribution in [0, 0.1) is 6.92 Å². The van der Waals surface area contributed by atoms with Crippen LogP contribution in [0.3, 0.4) is 0 Å². The van der Waals surface area contributed by atoms with Crippen molar-refractivity contribution in [2.24, 2.45) is 0 Å². The summed E-state index contributed by atoms with van der Waals surface area (Å²) in [6.45, 7) is 3.66. The number of aromatic nitrogens is 4. The Balaban J connectivity index is 1.38. The van der Waals surface area contributed by atoms with Crippen LogP contribution in [-0.2, 0) is 17.8 Å². The molecule has 1 aliphatic heterocycles. The van der Waals surface area contributed by atoms with Crippen LogP contribution in [0.1, 0.15) is 23.1 Å². The molecular weight excluding hydrogens is 560 g/mol. The van der Waals surface area contributed by atoms with Gasteiger partial charge in [0.05, 0.1) is 31.0 Å². The number of fused-ring (bicyclic) bond motifs is 1. The monoisotopic (exact) mass is 590 g/mol. The molecule has 212 valence electrons. The molecule has 4 heterocycles. The first-order valence-corrected chi connectivity index (χ1v) is 14.3. The van der Waals surface area contributed by atoms with E-state index in [1.807, 2.05) is 42.0 Å². The van der Waals surface area contributed by atoms with E-state index in [1.54, 1.807) is 50.0 Å². The van der Waals surface area contributed by atoms with Gasteiger partial charge < -0.3 is 19.4 Å². The summed E-state index contributed by atoms with van der Waals surface area (Å²) in [6, 6.07) is 9.38. The Hall–Kier alpha value is -4.16. The molecule has 1 amide bonds. The first kappa shape index (κ1) is 28.4. The third kappa shape index (κ3) is 6.13. The highest BCUT2D eigenvalue weighted by Crippen LogP contribution is 2.34. The van der Waals surface area contributed by atoms with Gasteiger partial charge in [-0.15, -0.1) is 0 Å². The maximum absolute atomic E-state index is 13.6. The first-order valence-electron chi connectivity index (χ1n) is 13.1. The van der Waals surface area contributed by atoms with Gasteiger partial charge in [0.2, 0.25) is 0 Å². The fraction of sp³-hybridized carbons (Fsp3) is 0.276. The molecule has 1 aliphatic rings. The Kier molecular flexibility index (Phi) is 8.70. The highest BCUT2D eigenvalue weighted by molar-refractivity contribution is 8.26. The number of hydrogen-bond acceptors (Lipinski definition) is 9. The molecule has 0 atom stereocenters. The summed E-state index contributed by atoms with van der Waals surface area (Å²) < 4.78 is 14.7. The van der Waals surface area contributed by atoms with Crippen molar-refractivity contribution in [3.8, 4) is 11.5 Å². The summed E-state index contributed by atoms with van der Waals surface area (Å²) >= 11 is 6.75. The maximum Gasteiger partial charge on any atom is 0.267 e. The summed E-state index contributed by atoms with van der Waals surface area (Å²) in [6.07, 6.45) is 10.1. The summed E-state index contributed by atoms with van der Waals surface area (Å²) in [5, 5.41) is 3.32. The smallest absolute Gasteiger partial charge is 0.267 e. The minimum atomic E-state index is -0.258. The molecule has 0 spiro atoms. The van der Waals surface area contributed by atoms with Crippen molar-refractivity contribution in [1.29, 1.82) is 0 Å². The standard InChI is InChI=1S/C29H30N6O4S2/c1-19-6-4-13-34-26(19)32-25(31-10-5-12-33-15-11-30-18-33)21(27(34)36)17-24-28(37)35(29(40)41-24)14-9-20-7-8-22(38-2)23(16-20)39-3/h4,6-8,11,13,15-18,31H,5,9-10,12,14H2,1-3H3/b24-17-. The lowest BCUT2D eigenvalue weighted by Crippen LogP contribution is -2.30. The van der Waals surface area contributed by atoms with E-state index >= 15 is 0 Å². The Morgan fingerprint density at radius 1 is 1.10 bits per heavy atom. The number of thioether (sulfide) groups is 1. The van der Waals surface area contributed by atoms with Gasteiger partial charge in [-0.2, -0.15) is 0 Å². The highest BCUT2D eigenvalue weighted by Gasteiger charge is 2.32. The number of imidazole rings is 1. The molecule has 1 aromatic carbocycles. The zero-order chi connectivity index (χ0) is 28.9. The van der Waals surface area contributed by atoms with E-state index in [9.17, 15) is 9.59 Å². The molecule has 41 heavy (non-hydrogen) atoms. The van der Waals surface area contributed by atoms with E-state index in [4.69, 9.17) is 26.7 Å². The average molecular weight is 591 g/mol. The van der Waals surface area contributed by atoms with Gasteiger partial charge >= 0.3 is 0 Å². The van der Waals surface area contributed by atoms with Gasteiger partial charge in [-0.3, -0.25) is 18.9 Å². The van der Waals surface area contributed by atoms with Gasteiger partial charge in [-0.25, -0.2) is 9.97 Å². The summed E-state index contributed by atoms with van der Waals surface area (Å²) in [7, 11) is 3.17. The molecule has 0 unspecified atom stereocenters. The van der Waals surface area contributed by atoms with Crippen LogP contribution in [0.15, 0.2) is 64.9 Å². The van der Waals surface area contributed by atoms with Gasteiger partial charge in [0.15, 0.2) is 11.5 Å². The number of amides is 1. The Morgan fingerprint density at radius 2 is 1.93 bits per heavy atom. The number of aryl methyl sites for hydroxylation is 2. The van der Waals surface area contributed by atoms with Crippen molar-refractivity contribution in [2.45, 2.75) is 26.3 Å². The number of thiocarbonyl (C=S) groups is 1. The third-order valence-electron chi connectivity index (χ3n) is 6.75. The summed E-state index contributed by atoms with van der Waals surface area (Å²) in [5.41, 5.74) is 2.48. The second-order valence-electron chi connectivity index (χ2n) is 9.42. The van der Waals surface area contributed by atoms with Crippen molar-refractivity contribution in [1.82, 2.24) is 23.8 Å². The molecule has 0 radical (unpaired) electrons. The fourth-order valence-corrected chi connectivity index (χ4v) is 5.86. The minimum Gasteiger partial charge on any atom is -0.493 e. The van der Waals surface area contributed by atoms with Crippen LogP contribution in [0.2, 0.25) is 0 Å². The lowest BCUT2D eigenvalue weighted by atomic mass is 10.1. The largest absolute Gasteiger partial charge is 0.493 e. The lowest BCUT2D eigenvalue weighted by Gasteiger charge is -2.15. The van der Waals surface area contributed by atoms with E-state index in [1.165, 1.54) is 16.2 Å².